The first-order valence-corrected chi connectivity index (χ1v) is 7.34. The topological polar surface area (TPSA) is 127 Å². The van der Waals surface area contributed by atoms with E-state index in [2.05, 4.69) is 15.0 Å². The second kappa shape index (κ2) is 5.65. The largest absolute Gasteiger partial charge is 0.394 e. The van der Waals surface area contributed by atoms with Gasteiger partial charge in [-0.2, -0.15) is 0 Å². The Morgan fingerprint density at radius 3 is 2.87 bits per heavy atom. The number of hydrogen-bond acceptors (Lipinski definition) is 9. The third-order valence-corrected chi connectivity index (χ3v) is 3.97. The van der Waals surface area contributed by atoms with E-state index in [4.69, 9.17) is 24.7 Å². The number of ether oxygens (including phenoxy) is 4. The zero-order valence-electron chi connectivity index (χ0n) is 12.4. The molecule has 10 heteroatoms. The van der Waals surface area contributed by atoms with Gasteiger partial charge >= 0.3 is 0 Å². The summed E-state index contributed by atoms with van der Waals surface area (Å²) in [6.45, 7) is 1.34. The fraction of sp³-hybridized carbons (Fsp3) is 0.615. The summed E-state index contributed by atoms with van der Waals surface area (Å²) in [6, 6.07) is 0. The highest BCUT2D eigenvalue weighted by molar-refractivity contribution is 5.81. The van der Waals surface area contributed by atoms with Crippen molar-refractivity contribution in [3.63, 3.8) is 0 Å². The van der Waals surface area contributed by atoms with Gasteiger partial charge in [-0.05, 0) is 6.92 Å². The van der Waals surface area contributed by atoms with Gasteiger partial charge in [0.15, 0.2) is 17.7 Å². The standard InChI is InChI=1S/C13H17N5O5/c1-2-20-13-22-8-6(3-19)21-12(9(8)23-13)18-5-17-7-10(14)15-4-16-11(7)18/h4-6,8-9,12-13,19H,2-3H2,1H3,(H2,14,15,16)/t6-,8-,9+,12-,13+/m0/s1. The third-order valence-electron chi connectivity index (χ3n) is 3.97. The van der Waals surface area contributed by atoms with Crippen LogP contribution in [0.15, 0.2) is 12.7 Å². The average Bonchev–Trinajstić information content (AvgIpc) is 3.21. The first kappa shape index (κ1) is 14.7. The van der Waals surface area contributed by atoms with Crippen molar-refractivity contribution in [1.29, 1.82) is 0 Å². The fourth-order valence-electron chi connectivity index (χ4n) is 2.95. The van der Waals surface area contributed by atoms with Crippen LogP contribution in [-0.2, 0) is 18.9 Å². The lowest BCUT2D eigenvalue weighted by Crippen LogP contribution is -2.31. The highest BCUT2D eigenvalue weighted by atomic mass is 16.9. The molecule has 4 rings (SSSR count). The molecule has 2 aromatic rings. The van der Waals surface area contributed by atoms with Crippen molar-refractivity contribution in [2.45, 2.75) is 37.9 Å². The zero-order valence-corrected chi connectivity index (χ0v) is 12.4. The summed E-state index contributed by atoms with van der Waals surface area (Å²) in [5.74, 6) is 0.290. The molecule has 0 spiro atoms. The molecule has 0 aliphatic carbocycles. The molecule has 0 aromatic carbocycles. The summed E-state index contributed by atoms with van der Waals surface area (Å²) < 4.78 is 24.4. The number of rotatable bonds is 4. The summed E-state index contributed by atoms with van der Waals surface area (Å²) in [5.41, 5.74) is 6.82. The van der Waals surface area contributed by atoms with Crippen molar-refractivity contribution < 1.29 is 24.1 Å². The molecule has 0 radical (unpaired) electrons. The lowest BCUT2D eigenvalue weighted by Gasteiger charge is -2.20. The highest BCUT2D eigenvalue weighted by Gasteiger charge is 2.54. The van der Waals surface area contributed by atoms with Gasteiger partial charge in [-0.3, -0.25) is 4.57 Å². The van der Waals surface area contributed by atoms with E-state index in [-0.39, 0.29) is 12.4 Å². The second-order valence-electron chi connectivity index (χ2n) is 5.28. The van der Waals surface area contributed by atoms with E-state index in [1.165, 1.54) is 6.33 Å². The smallest absolute Gasteiger partial charge is 0.272 e. The second-order valence-corrected chi connectivity index (χ2v) is 5.28. The Balaban J connectivity index is 1.69. The van der Waals surface area contributed by atoms with Crippen LogP contribution in [0.3, 0.4) is 0 Å². The van der Waals surface area contributed by atoms with Crippen molar-refractivity contribution >= 4 is 17.0 Å². The maximum Gasteiger partial charge on any atom is 0.272 e. The Kier molecular flexibility index (Phi) is 3.62. The van der Waals surface area contributed by atoms with Crippen molar-refractivity contribution in [3.8, 4) is 0 Å². The Morgan fingerprint density at radius 1 is 1.26 bits per heavy atom. The van der Waals surface area contributed by atoms with Gasteiger partial charge in [-0.15, -0.1) is 0 Å². The monoisotopic (exact) mass is 323 g/mol. The SMILES string of the molecule is CCO[C@@H]1O[C@@H]2[C@@H](O1)[C@@H](n1cnc3c(N)ncnc31)O[C@H]2CO. The summed E-state index contributed by atoms with van der Waals surface area (Å²) in [5, 5.41) is 9.53. The van der Waals surface area contributed by atoms with Gasteiger partial charge in [-0.25, -0.2) is 15.0 Å². The number of nitrogens with two attached hydrogens (primary N) is 1. The van der Waals surface area contributed by atoms with Crippen molar-refractivity contribution in [3.05, 3.63) is 12.7 Å². The number of aromatic nitrogens is 4. The number of fused-ring (bicyclic) bond motifs is 2. The minimum Gasteiger partial charge on any atom is -0.394 e. The lowest BCUT2D eigenvalue weighted by atomic mass is 10.1. The van der Waals surface area contributed by atoms with Crippen molar-refractivity contribution in [1.82, 2.24) is 19.5 Å². The van der Waals surface area contributed by atoms with Crippen LogP contribution in [0, 0.1) is 0 Å². The van der Waals surface area contributed by atoms with Crippen LogP contribution >= 0.6 is 0 Å². The molecule has 5 atom stereocenters. The Hall–Kier alpha value is -1.85. The van der Waals surface area contributed by atoms with Gasteiger partial charge in [0, 0.05) is 6.61 Å². The first-order chi connectivity index (χ1) is 11.2. The molecular weight excluding hydrogens is 306 g/mol. The minimum atomic E-state index is -0.773. The number of hydrogen-bond donors (Lipinski definition) is 2. The van der Waals surface area contributed by atoms with E-state index < -0.39 is 31.0 Å². The molecule has 10 nitrogen and oxygen atoms in total. The van der Waals surface area contributed by atoms with Gasteiger partial charge in [0.25, 0.3) is 6.48 Å². The Labute approximate surface area is 131 Å². The molecule has 23 heavy (non-hydrogen) atoms. The molecule has 0 saturated carbocycles. The molecule has 2 saturated heterocycles. The predicted molar refractivity (Wildman–Crippen MR) is 75.9 cm³/mol. The third kappa shape index (κ3) is 2.26. The number of nitrogen functional groups attached to an aromatic ring is 1. The van der Waals surface area contributed by atoms with Crippen molar-refractivity contribution in [2.75, 3.05) is 18.9 Å². The van der Waals surface area contributed by atoms with Gasteiger partial charge in [-0.1, -0.05) is 0 Å². The molecule has 4 heterocycles. The molecule has 2 fully saturated rings. The van der Waals surface area contributed by atoms with Crippen LogP contribution in [-0.4, -0.2) is 62.6 Å². The van der Waals surface area contributed by atoms with E-state index in [0.717, 1.165) is 0 Å². The van der Waals surface area contributed by atoms with E-state index in [1.807, 2.05) is 6.92 Å². The molecule has 124 valence electrons. The zero-order chi connectivity index (χ0) is 16.0. The quantitative estimate of drug-likeness (QED) is 0.758. The van der Waals surface area contributed by atoms with E-state index in [1.54, 1.807) is 10.9 Å². The minimum absolute atomic E-state index is 0.191. The summed E-state index contributed by atoms with van der Waals surface area (Å²) in [7, 11) is 0. The van der Waals surface area contributed by atoms with Crippen LogP contribution in [0.4, 0.5) is 5.82 Å². The average molecular weight is 323 g/mol. The van der Waals surface area contributed by atoms with Crippen LogP contribution in [0.25, 0.3) is 11.2 Å². The Bertz CT molecular complexity index is 709. The molecule has 3 N–H and O–H groups in total. The lowest BCUT2D eigenvalue weighted by molar-refractivity contribution is -0.265. The maximum atomic E-state index is 9.53. The van der Waals surface area contributed by atoms with E-state index in [0.29, 0.717) is 17.8 Å². The summed E-state index contributed by atoms with van der Waals surface area (Å²) >= 11 is 0. The van der Waals surface area contributed by atoms with E-state index in [9.17, 15) is 5.11 Å². The summed E-state index contributed by atoms with van der Waals surface area (Å²) in [6.07, 6.45) is 0.972. The van der Waals surface area contributed by atoms with Crippen molar-refractivity contribution in [2.24, 2.45) is 0 Å². The molecule has 2 aromatic heterocycles. The van der Waals surface area contributed by atoms with E-state index >= 15 is 0 Å². The Morgan fingerprint density at radius 2 is 2.09 bits per heavy atom. The normalized spacial score (nSPS) is 33.4. The molecule has 2 aliphatic heterocycles. The number of nitrogens with zero attached hydrogens (tertiary/aromatic N) is 4. The molecule has 0 unspecified atom stereocenters. The van der Waals surface area contributed by atoms with Gasteiger partial charge in [0.1, 0.15) is 30.2 Å². The number of imidazole rings is 1. The summed E-state index contributed by atoms with van der Waals surface area (Å²) in [4.78, 5) is 12.3. The molecule has 2 aliphatic rings. The number of aliphatic hydroxyl groups is 1. The van der Waals surface area contributed by atoms with Gasteiger partial charge in [0.2, 0.25) is 0 Å². The number of aliphatic hydroxyl groups excluding tert-OH is 1. The molecule has 0 amide bonds. The van der Waals surface area contributed by atoms with Gasteiger partial charge < -0.3 is 29.8 Å². The maximum absolute atomic E-state index is 9.53. The van der Waals surface area contributed by atoms with Gasteiger partial charge in [0.05, 0.1) is 12.9 Å². The number of anilines is 1. The first-order valence-electron chi connectivity index (χ1n) is 7.34. The van der Waals surface area contributed by atoms with Crippen LogP contribution in [0.5, 0.6) is 0 Å². The van der Waals surface area contributed by atoms with Crippen LogP contribution in [0.1, 0.15) is 13.2 Å². The fourth-order valence-corrected chi connectivity index (χ4v) is 2.95. The molecule has 0 bridgehead atoms. The molecular formula is C13H17N5O5. The predicted octanol–water partition coefficient (Wildman–Crippen LogP) is -0.598. The van der Waals surface area contributed by atoms with Crippen LogP contribution in [0.2, 0.25) is 0 Å². The highest BCUT2D eigenvalue weighted by Crippen LogP contribution is 2.40. The van der Waals surface area contributed by atoms with Crippen LogP contribution < -0.4 is 5.73 Å².